The van der Waals surface area contributed by atoms with Crippen molar-refractivity contribution in [2.45, 2.75) is 51.0 Å². The number of nitrogens with zero attached hydrogens (tertiary/aromatic N) is 4. The lowest BCUT2D eigenvalue weighted by atomic mass is 9.79. The highest BCUT2D eigenvalue weighted by molar-refractivity contribution is 5.99. The topological polar surface area (TPSA) is 126 Å². The lowest BCUT2D eigenvalue weighted by Gasteiger charge is -2.50. The molecular formula is C32H39N7O3. The molecule has 0 aliphatic carbocycles. The molecule has 0 unspecified atom stereocenters. The van der Waals surface area contributed by atoms with Crippen LogP contribution in [-0.2, 0) is 11.2 Å². The van der Waals surface area contributed by atoms with E-state index in [0.29, 0.717) is 29.1 Å². The molecular weight excluding hydrogens is 530 g/mol. The second kappa shape index (κ2) is 12.6. The first-order valence-corrected chi connectivity index (χ1v) is 14.6. The molecule has 220 valence electrons. The minimum atomic E-state index is -0.688. The maximum absolute atomic E-state index is 12.3. The van der Waals surface area contributed by atoms with Crippen LogP contribution in [0, 0.1) is 0 Å². The molecule has 2 saturated heterocycles. The summed E-state index contributed by atoms with van der Waals surface area (Å²) in [7, 11) is 2.28. The molecule has 1 spiro atoms. The normalized spacial score (nSPS) is 16.6. The van der Waals surface area contributed by atoms with Gasteiger partial charge < -0.3 is 30.9 Å². The minimum Gasteiger partial charge on any atom is -0.437 e. The quantitative estimate of drug-likeness (QED) is 0.298. The molecule has 1 aromatic heterocycles. The van der Waals surface area contributed by atoms with Gasteiger partial charge in [0.25, 0.3) is 5.91 Å². The third-order valence-electron chi connectivity index (χ3n) is 8.39. The summed E-state index contributed by atoms with van der Waals surface area (Å²) < 4.78 is 6.07. The van der Waals surface area contributed by atoms with E-state index < -0.39 is 5.91 Å². The number of likely N-dealkylation sites (tertiary alicyclic amines) is 1. The van der Waals surface area contributed by atoms with Crippen molar-refractivity contribution < 1.29 is 14.3 Å². The summed E-state index contributed by atoms with van der Waals surface area (Å²) in [5.41, 5.74) is 9.02. The Hall–Kier alpha value is -4.44. The van der Waals surface area contributed by atoms with Crippen molar-refractivity contribution in [1.82, 2.24) is 14.9 Å². The van der Waals surface area contributed by atoms with Crippen molar-refractivity contribution in [2.75, 3.05) is 42.2 Å². The number of rotatable bonds is 9. The molecule has 2 aromatic carbocycles. The highest BCUT2D eigenvalue weighted by atomic mass is 16.5. The zero-order chi connectivity index (χ0) is 29.7. The predicted molar refractivity (Wildman–Crippen MR) is 166 cm³/mol. The second-order valence-corrected chi connectivity index (χ2v) is 11.0. The zero-order valence-corrected chi connectivity index (χ0v) is 24.4. The van der Waals surface area contributed by atoms with Crippen molar-refractivity contribution in [3.05, 3.63) is 72.6 Å². The number of nitrogens with two attached hydrogens (primary N) is 1. The number of amides is 2. The SMILES string of the molecule is C=CC(=O)Nc1cccc(Oc2nc(Nc3ccc(N4CCC5(CCCCN5C)CC4)cc3)c(C(N)=O)nc2CC)c1. The van der Waals surface area contributed by atoms with E-state index in [2.05, 4.69) is 56.2 Å². The van der Waals surface area contributed by atoms with E-state index in [9.17, 15) is 9.59 Å². The molecule has 0 saturated carbocycles. The first-order valence-electron chi connectivity index (χ1n) is 14.6. The molecule has 10 heteroatoms. The molecule has 4 N–H and O–H groups in total. The van der Waals surface area contributed by atoms with Gasteiger partial charge >= 0.3 is 0 Å². The van der Waals surface area contributed by atoms with Gasteiger partial charge in [-0.05, 0) is 88.2 Å². The van der Waals surface area contributed by atoms with E-state index in [1.165, 1.54) is 50.4 Å². The monoisotopic (exact) mass is 569 g/mol. The molecule has 42 heavy (non-hydrogen) atoms. The molecule has 0 bridgehead atoms. The number of ether oxygens (including phenoxy) is 1. The van der Waals surface area contributed by atoms with Crippen molar-refractivity contribution in [1.29, 1.82) is 0 Å². The Morgan fingerprint density at radius 1 is 1.05 bits per heavy atom. The summed E-state index contributed by atoms with van der Waals surface area (Å²) in [5.74, 6) is -0.120. The number of benzene rings is 2. The van der Waals surface area contributed by atoms with Crippen molar-refractivity contribution in [3.63, 3.8) is 0 Å². The summed E-state index contributed by atoms with van der Waals surface area (Å²) in [6.07, 6.45) is 7.94. The molecule has 2 fully saturated rings. The van der Waals surface area contributed by atoms with E-state index in [1.807, 2.05) is 19.1 Å². The molecule has 3 heterocycles. The number of carbonyl (C=O) groups excluding carboxylic acids is 2. The molecule has 2 amide bonds. The van der Waals surface area contributed by atoms with E-state index in [-0.39, 0.29) is 23.3 Å². The van der Waals surface area contributed by atoms with Crippen LogP contribution in [0.1, 0.15) is 55.2 Å². The maximum Gasteiger partial charge on any atom is 0.271 e. The Morgan fingerprint density at radius 3 is 2.48 bits per heavy atom. The van der Waals surface area contributed by atoms with Gasteiger partial charge in [0.2, 0.25) is 11.8 Å². The lowest BCUT2D eigenvalue weighted by Crippen LogP contribution is -2.56. The number of carbonyl (C=O) groups is 2. The van der Waals surface area contributed by atoms with E-state index in [0.717, 1.165) is 18.8 Å². The van der Waals surface area contributed by atoms with Crippen LogP contribution in [0.15, 0.2) is 61.2 Å². The summed E-state index contributed by atoms with van der Waals surface area (Å²) in [6.45, 7) is 8.63. The molecule has 3 aromatic rings. The smallest absolute Gasteiger partial charge is 0.271 e. The van der Waals surface area contributed by atoms with Crippen molar-refractivity contribution in [2.24, 2.45) is 5.73 Å². The van der Waals surface area contributed by atoms with Gasteiger partial charge in [0, 0.05) is 41.8 Å². The third-order valence-corrected chi connectivity index (χ3v) is 8.39. The van der Waals surface area contributed by atoms with Gasteiger partial charge in [0.05, 0.1) is 0 Å². The van der Waals surface area contributed by atoms with Crippen LogP contribution in [0.25, 0.3) is 0 Å². The van der Waals surface area contributed by atoms with Gasteiger partial charge in [-0.2, -0.15) is 4.98 Å². The lowest BCUT2D eigenvalue weighted by molar-refractivity contribution is -0.111. The summed E-state index contributed by atoms with van der Waals surface area (Å²) in [6, 6.07) is 15.0. The number of piperidine rings is 2. The standard InChI is InChI=1S/C32H39N7O3/c1-4-26-31(42-25-10-8-9-23(21-25)34-27(40)5-2)37-30(28(36-26)29(33)41)35-22-11-13-24(14-12-22)39-19-16-32(17-20-39)15-6-7-18-38(32)3/h5,8-14,21H,2,4,6-7,15-20H2,1,3H3,(H2,33,41)(H,34,40)(H,35,37). The molecule has 10 nitrogen and oxygen atoms in total. The highest BCUT2D eigenvalue weighted by Gasteiger charge is 2.39. The Kier molecular flexibility index (Phi) is 8.72. The molecule has 0 atom stereocenters. The molecule has 5 rings (SSSR count). The number of hydrogen-bond acceptors (Lipinski definition) is 8. The Bertz CT molecular complexity index is 1450. The highest BCUT2D eigenvalue weighted by Crippen LogP contribution is 2.38. The van der Waals surface area contributed by atoms with Gasteiger partial charge in [-0.3, -0.25) is 9.59 Å². The average Bonchev–Trinajstić information content (AvgIpc) is 3.00. The van der Waals surface area contributed by atoms with Gasteiger partial charge in [-0.15, -0.1) is 0 Å². The fourth-order valence-corrected chi connectivity index (χ4v) is 5.90. The number of primary amides is 1. The number of aromatic nitrogens is 2. The van der Waals surface area contributed by atoms with Crippen LogP contribution in [0.5, 0.6) is 11.6 Å². The number of aryl methyl sites for hydroxylation is 1. The first kappa shape index (κ1) is 29.1. The van der Waals surface area contributed by atoms with E-state index in [4.69, 9.17) is 10.5 Å². The minimum absolute atomic E-state index is 0.0354. The summed E-state index contributed by atoms with van der Waals surface area (Å²) in [4.78, 5) is 38.2. The number of anilines is 4. The van der Waals surface area contributed by atoms with Crippen molar-refractivity contribution in [3.8, 4) is 11.6 Å². The van der Waals surface area contributed by atoms with Gasteiger partial charge in [0.1, 0.15) is 11.4 Å². The van der Waals surface area contributed by atoms with E-state index in [1.54, 1.807) is 24.3 Å². The fraction of sp³-hybridized carbons (Fsp3) is 0.375. The van der Waals surface area contributed by atoms with Crippen LogP contribution in [0.3, 0.4) is 0 Å². The Morgan fingerprint density at radius 2 is 1.81 bits per heavy atom. The van der Waals surface area contributed by atoms with Crippen LogP contribution >= 0.6 is 0 Å². The fourth-order valence-electron chi connectivity index (χ4n) is 5.90. The largest absolute Gasteiger partial charge is 0.437 e. The number of hydrogen-bond donors (Lipinski definition) is 3. The predicted octanol–water partition coefficient (Wildman–Crippen LogP) is 5.25. The van der Waals surface area contributed by atoms with Crippen LogP contribution in [0.4, 0.5) is 22.9 Å². The van der Waals surface area contributed by atoms with Crippen molar-refractivity contribution >= 4 is 34.7 Å². The van der Waals surface area contributed by atoms with Gasteiger partial charge in [-0.25, -0.2) is 4.98 Å². The number of nitrogens with one attached hydrogen (secondary N) is 2. The molecule has 2 aliphatic heterocycles. The van der Waals surface area contributed by atoms with E-state index >= 15 is 0 Å². The summed E-state index contributed by atoms with van der Waals surface area (Å²) >= 11 is 0. The first-order chi connectivity index (χ1) is 20.3. The van der Waals surface area contributed by atoms with Crippen LogP contribution in [-0.4, -0.2) is 58.9 Å². The zero-order valence-electron chi connectivity index (χ0n) is 24.4. The van der Waals surface area contributed by atoms with Gasteiger partial charge in [0.15, 0.2) is 11.5 Å². The third kappa shape index (κ3) is 6.38. The van der Waals surface area contributed by atoms with Crippen LogP contribution in [0.2, 0.25) is 0 Å². The molecule has 2 aliphatic rings. The summed E-state index contributed by atoms with van der Waals surface area (Å²) in [5, 5.41) is 5.92. The van der Waals surface area contributed by atoms with Gasteiger partial charge in [-0.1, -0.05) is 26.0 Å². The second-order valence-electron chi connectivity index (χ2n) is 11.0. The Balaban J connectivity index is 1.32. The van der Waals surface area contributed by atoms with Crippen LogP contribution < -0.4 is 26.0 Å². The average molecular weight is 570 g/mol. The maximum atomic E-state index is 12.3. The molecule has 0 radical (unpaired) electrons. The Labute approximate surface area is 247 Å².